The van der Waals surface area contributed by atoms with Crippen LogP contribution in [0.3, 0.4) is 0 Å². The lowest BCUT2D eigenvalue weighted by Crippen LogP contribution is -2.40. The zero-order valence-corrected chi connectivity index (χ0v) is 19.4. The van der Waals surface area contributed by atoms with E-state index in [9.17, 15) is 18.0 Å². The van der Waals surface area contributed by atoms with Gasteiger partial charge in [0.15, 0.2) is 0 Å². The Hall–Kier alpha value is -2.43. The van der Waals surface area contributed by atoms with Gasteiger partial charge in [0.2, 0.25) is 15.9 Å². The van der Waals surface area contributed by atoms with Gasteiger partial charge in [-0.2, -0.15) is 4.31 Å². The van der Waals surface area contributed by atoms with Crippen molar-refractivity contribution in [3.63, 3.8) is 0 Å². The molecule has 31 heavy (non-hydrogen) atoms. The van der Waals surface area contributed by atoms with E-state index in [0.717, 1.165) is 23.4 Å². The van der Waals surface area contributed by atoms with Gasteiger partial charge in [0.1, 0.15) is 12.3 Å². The van der Waals surface area contributed by atoms with Gasteiger partial charge in [-0.1, -0.05) is 27.7 Å². The summed E-state index contributed by atoms with van der Waals surface area (Å²) in [6.45, 7) is 9.78. The van der Waals surface area contributed by atoms with Gasteiger partial charge in [-0.15, -0.1) is 0 Å². The number of hydrogen-bond acceptors (Lipinski definition) is 6. The van der Waals surface area contributed by atoms with Gasteiger partial charge in [0, 0.05) is 31.9 Å². The molecule has 0 radical (unpaired) electrons. The number of likely N-dealkylation sites (N-methyl/N-ethyl adjacent to an activating group) is 1. The Morgan fingerprint density at radius 2 is 1.77 bits per heavy atom. The van der Waals surface area contributed by atoms with E-state index >= 15 is 0 Å². The van der Waals surface area contributed by atoms with Gasteiger partial charge in [-0.25, -0.2) is 8.42 Å². The van der Waals surface area contributed by atoms with E-state index in [-0.39, 0.29) is 23.4 Å². The second-order valence-corrected chi connectivity index (χ2v) is 8.91. The Morgan fingerprint density at radius 3 is 2.32 bits per heavy atom. The number of pyridine rings is 1. The summed E-state index contributed by atoms with van der Waals surface area (Å²) >= 11 is 0. The zero-order valence-electron chi connectivity index (χ0n) is 18.6. The minimum absolute atomic E-state index is 0.0137. The van der Waals surface area contributed by atoms with Crippen LogP contribution in [0.25, 0.3) is 0 Å². The standard InChI is InChI=1S/C21H32N4O5S/c1-5-23(6-2)18(19-10-9-13-30-19)14-22-20(26)16-24-15-17(11-12-21(24)27)31(28,29)25(7-3)8-4/h9-13,15,18H,5-8,14,16H2,1-4H3,(H,22,26)/t18-/m0/s1. The third-order valence-electron chi connectivity index (χ3n) is 5.23. The number of aromatic nitrogens is 1. The van der Waals surface area contributed by atoms with Crippen LogP contribution in [0, 0.1) is 0 Å². The fourth-order valence-electron chi connectivity index (χ4n) is 3.47. The first kappa shape index (κ1) is 24.8. The molecular weight excluding hydrogens is 420 g/mol. The van der Waals surface area contributed by atoms with E-state index in [0.29, 0.717) is 19.6 Å². The van der Waals surface area contributed by atoms with Crippen LogP contribution in [-0.4, -0.2) is 60.8 Å². The van der Waals surface area contributed by atoms with Crippen molar-refractivity contribution in [1.82, 2.24) is 19.1 Å². The highest BCUT2D eigenvalue weighted by molar-refractivity contribution is 7.89. The third kappa shape index (κ3) is 6.05. The molecule has 0 saturated heterocycles. The fourth-order valence-corrected chi connectivity index (χ4v) is 4.95. The number of nitrogens with zero attached hydrogens (tertiary/aromatic N) is 3. The second-order valence-electron chi connectivity index (χ2n) is 6.98. The molecule has 2 heterocycles. The number of furan rings is 1. The highest BCUT2D eigenvalue weighted by Gasteiger charge is 2.24. The van der Waals surface area contributed by atoms with Crippen LogP contribution in [0.1, 0.15) is 39.5 Å². The van der Waals surface area contributed by atoms with Crippen molar-refractivity contribution in [2.75, 3.05) is 32.7 Å². The van der Waals surface area contributed by atoms with Crippen molar-refractivity contribution in [2.45, 2.75) is 45.2 Å². The molecule has 0 aliphatic carbocycles. The largest absolute Gasteiger partial charge is 0.468 e. The van der Waals surface area contributed by atoms with Crippen LogP contribution in [0.2, 0.25) is 0 Å². The molecule has 1 atom stereocenters. The van der Waals surface area contributed by atoms with Gasteiger partial charge < -0.3 is 14.3 Å². The highest BCUT2D eigenvalue weighted by atomic mass is 32.2. The predicted molar refractivity (Wildman–Crippen MR) is 118 cm³/mol. The van der Waals surface area contributed by atoms with Crippen LogP contribution < -0.4 is 10.9 Å². The molecule has 0 bridgehead atoms. The average Bonchev–Trinajstić information content (AvgIpc) is 3.27. The Balaban J connectivity index is 2.15. The minimum atomic E-state index is -3.73. The molecular formula is C21H32N4O5S. The first-order valence-electron chi connectivity index (χ1n) is 10.5. The van der Waals surface area contributed by atoms with E-state index < -0.39 is 15.6 Å². The Bertz CT molecular complexity index is 993. The maximum Gasteiger partial charge on any atom is 0.251 e. The van der Waals surface area contributed by atoms with Crippen LogP contribution in [0.15, 0.2) is 50.8 Å². The van der Waals surface area contributed by atoms with Crippen molar-refractivity contribution < 1.29 is 17.6 Å². The molecule has 9 nitrogen and oxygen atoms in total. The summed E-state index contributed by atoms with van der Waals surface area (Å²) in [6.07, 6.45) is 2.82. The molecule has 0 aliphatic heterocycles. The number of rotatable bonds is 12. The summed E-state index contributed by atoms with van der Waals surface area (Å²) in [5, 5.41) is 2.84. The Morgan fingerprint density at radius 1 is 1.10 bits per heavy atom. The Kier molecular flexibility index (Phi) is 9.02. The average molecular weight is 453 g/mol. The molecule has 2 rings (SSSR count). The number of carbonyl (C=O) groups is 1. The molecule has 0 aliphatic rings. The van der Waals surface area contributed by atoms with Crippen molar-refractivity contribution in [2.24, 2.45) is 0 Å². The third-order valence-corrected chi connectivity index (χ3v) is 7.26. The van der Waals surface area contributed by atoms with Gasteiger partial charge in [0.25, 0.3) is 5.56 Å². The van der Waals surface area contributed by atoms with Crippen LogP contribution in [0.4, 0.5) is 0 Å². The predicted octanol–water partition coefficient (Wildman–Crippen LogP) is 1.67. The summed E-state index contributed by atoms with van der Waals surface area (Å²) in [4.78, 5) is 26.9. The van der Waals surface area contributed by atoms with Crippen molar-refractivity contribution in [3.05, 3.63) is 52.8 Å². The molecule has 172 valence electrons. The van der Waals surface area contributed by atoms with Gasteiger partial charge in [-0.3, -0.25) is 14.5 Å². The summed E-state index contributed by atoms with van der Waals surface area (Å²) in [7, 11) is -3.73. The minimum Gasteiger partial charge on any atom is -0.468 e. The van der Waals surface area contributed by atoms with Gasteiger partial charge in [0.05, 0.1) is 17.2 Å². The summed E-state index contributed by atoms with van der Waals surface area (Å²) in [5.41, 5.74) is -0.444. The zero-order chi connectivity index (χ0) is 23.0. The van der Waals surface area contributed by atoms with Gasteiger partial charge >= 0.3 is 0 Å². The number of amides is 1. The van der Waals surface area contributed by atoms with E-state index in [1.165, 1.54) is 22.6 Å². The number of sulfonamides is 1. The molecule has 0 spiro atoms. The van der Waals surface area contributed by atoms with Gasteiger partial charge in [-0.05, 0) is 31.3 Å². The lowest BCUT2D eigenvalue weighted by atomic mass is 10.2. The molecule has 0 saturated carbocycles. The summed E-state index contributed by atoms with van der Waals surface area (Å²) < 4.78 is 33.4. The maximum atomic E-state index is 12.7. The molecule has 2 aromatic heterocycles. The molecule has 1 amide bonds. The number of nitrogens with one attached hydrogen (secondary N) is 1. The van der Waals surface area contributed by atoms with Crippen molar-refractivity contribution in [3.8, 4) is 0 Å². The molecule has 10 heteroatoms. The first-order valence-corrected chi connectivity index (χ1v) is 12.0. The number of carbonyl (C=O) groups excluding carboxylic acids is 1. The van der Waals surface area contributed by atoms with E-state index in [1.54, 1.807) is 26.2 Å². The molecule has 0 fully saturated rings. The fraction of sp³-hybridized carbons (Fsp3) is 0.524. The summed E-state index contributed by atoms with van der Waals surface area (Å²) in [6, 6.07) is 5.97. The number of hydrogen-bond donors (Lipinski definition) is 1. The smallest absolute Gasteiger partial charge is 0.251 e. The Labute approximate surface area is 183 Å². The summed E-state index contributed by atoms with van der Waals surface area (Å²) in [5.74, 6) is 0.358. The monoisotopic (exact) mass is 452 g/mol. The lowest BCUT2D eigenvalue weighted by Gasteiger charge is -2.28. The van der Waals surface area contributed by atoms with E-state index in [2.05, 4.69) is 10.2 Å². The van der Waals surface area contributed by atoms with Crippen LogP contribution in [0.5, 0.6) is 0 Å². The second kappa shape index (κ2) is 11.3. The lowest BCUT2D eigenvalue weighted by molar-refractivity contribution is -0.122. The molecule has 0 unspecified atom stereocenters. The van der Waals surface area contributed by atoms with Crippen LogP contribution in [-0.2, 0) is 21.4 Å². The quantitative estimate of drug-likeness (QED) is 0.525. The maximum absolute atomic E-state index is 12.7. The molecule has 1 N–H and O–H groups in total. The van der Waals surface area contributed by atoms with E-state index in [4.69, 9.17) is 4.42 Å². The van der Waals surface area contributed by atoms with E-state index in [1.807, 2.05) is 19.9 Å². The highest BCUT2D eigenvalue weighted by Crippen LogP contribution is 2.20. The van der Waals surface area contributed by atoms with Crippen molar-refractivity contribution in [1.29, 1.82) is 0 Å². The normalized spacial score (nSPS) is 13.0. The van der Waals surface area contributed by atoms with Crippen LogP contribution >= 0.6 is 0 Å². The SMILES string of the molecule is CCN(CC)[C@@H](CNC(=O)Cn1cc(S(=O)(=O)N(CC)CC)ccc1=O)c1ccco1. The topological polar surface area (TPSA) is 105 Å². The molecule has 2 aromatic rings. The van der Waals surface area contributed by atoms with Crippen molar-refractivity contribution >= 4 is 15.9 Å². The first-order chi connectivity index (χ1) is 14.8. The molecule has 0 aromatic carbocycles.